The van der Waals surface area contributed by atoms with Crippen molar-refractivity contribution in [1.82, 2.24) is 9.88 Å². The van der Waals surface area contributed by atoms with Crippen molar-refractivity contribution in [2.75, 3.05) is 13.6 Å². The SMILES string of the molecule is CNC[C@@H](O)[C@H](c1cccc(F)c1)n1cc(-c2ccc(F)cc2)c2ccccc21.Cl. The Hall–Kier alpha value is -2.73. The molecular weight excluding hydrogens is 406 g/mol. The van der Waals surface area contributed by atoms with Gasteiger partial charge in [0.25, 0.3) is 0 Å². The zero-order chi connectivity index (χ0) is 20.4. The number of hydrogen-bond acceptors (Lipinski definition) is 2. The molecule has 0 saturated heterocycles. The van der Waals surface area contributed by atoms with Gasteiger partial charge >= 0.3 is 0 Å². The molecule has 1 aromatic heterocycles. The average molecular weight is 429 g/mol. The van der Waals surface area contributed by atoms with Crippen LogP contribution in [0.25, 0.3) is 22.0 Å². The molecule has 0 amide bonds. The smallest absolute Gasteiger partial charge is 0.123 e. The van der Waals surface area contributed by atoms with E-state index in [1.165, 1.54) is 24.3 Å². The molecule has 30 heavy (non-hydrogen) atoms. The molecule has 0 saturated carbocycles. The van der Waals surface area contributed by atoms with Gasteiger partial charge in [-0.1, -0.05) is 42.5 Å². The van der Waals surface area contributed by atoms with E-state index in [0.29, 0.717) is 12.1 Å². The molecule has 4 aromatic rings. The van der Waals surface area contributed by atoms with Crippen molar-refractivity contribution >= 4 is 23.3 Å². The van der Waals surface area contributed by atoms with Crippen LogP contribution >= 0.6 is 12.4 Å². The number of nitrogens with one attached hydrogen (secondary N) is 1. The maximum atomic E-state index is 14.0. The normalized spacial score (nSPS) is 13.1. The number of rotatable bonds is 6. The predicted molar refractivity (Wildman–Crippen MR) is 119 cm³/mol. The number of aliphatic hydroxyl groups excluding tert-OH is 1. The number of aromatic nitrogens is 1. The molecule has 3 aromatic carbocycles. The maximum absolute atomic E-state index is 14.0. The minimum atomic E-state index is -0.779. The number of nitrogens with zero attached hydrogens (tertiary/aromatic N) is 1. The Kier molecular flexibility index (Phi) is 6.87. The quantitative estimate of drug-likeness (QED) is 0.444. The first kappa shape index (κ1) is 22.0. The second-order valence-electron chi connectivity index (χ2n) is 7.10. The number of halogens is 3. The molecule has 0 unspecified atom stereocenters. The lowest BCUT2D eigenvalue weighted by Crippen LogP contribution is -2.33. The van der Waals surface area contributed by atoms with Gasteiger partial charge in [-0.15, -0.1) is 12.4 Å². The third-order valence-corrected chi connectivity index (χ3v) is 5.16. The van der Waals surface area contributed by atoms with Gasteiger partial charge in [-0.25, -0.2) is 8.78 Å². The molecule has 1 heterocycles. The number of hydrogen-bond donors (Lipinski definition) is 2. The van der Waals surface area contributed by atoms with E-state index in [-0.39, 0.29) is 24.0 Å². The standard InChI is InChI=1S/C24H22F2N2O.ClH/c1-27-14-23(29)24(17-5-4-6-19(26)13-17)28-15-21(16-9-11-18(25)12-10-16)20-7-2-3-8-22(20)28;/h2-13,15,23-24,27,29H,14H2,1H3;1H/t23-,24+;/m1./s1. The fourth-order valence-electron chi connectivity index (χ4n) is 3.87. The Morgan fingerprint density at radius 3 is 2.37 bits per heavy atom. The van der Waals surface area contributed by atoms with Crippen molar-refractivity contribution in [1.29, 1.82) is 0 Å². The molecule has 4 rings (SSSR count). The highest BCUT2D eigenvalue weighted by atomic mass is 35.5. The van der Waals surface area contributed by atoms with Crippen LogP contribution in [0.15, 0.2) is 79.0 Å². The Bertz CT molecular complexity index is 1130. The summed E-state index contributed by atoms with van der Waals surface area (Å²) in [5.41, 5.74) is 3.40. The fraction of sp³-hybridized carbons (Fsp3) is 0.167. The van der Waals surface area contributed by atoms with Gasteiger partial charge in [-0.05, 0) is 48.5 Å². The van der Waals surface area contributed by atoms with Gasteiger partial charge in [0.2, 0.25) is 0 Å². The third-order valence-electron chi connectivity index (χ3n) is 5.16. The fourth-order valence-corrected chi connectivity index (χ4v) is 3.87. The second kappa shape index (κ2) is 9.39. The van der Waals surface area contributed by atoms with Crippen LogP contribution in [-0.4, -0.2) is 29.4 Å². The van der Waals surface area contributed by atoms with Gasteiger partial charge in [-0.3, -0.25) is 0 Å². The van der Waals surface area contributed by atoms with E-state index >= 15 is 0 Å². The molecule has 156 valence electrons. The highest BCUT2D eigenvalue weighted by Crippen LogP contribution is 2.35. The van der Waals surface area contributed by atoms with E-state index in [0.717, 1.165) is 22.0 Å². The number of likely N-dealkylation sites (N-methyl/N-ethyl adjacent to an activating group) is 1. The minimum absolute atomic E-state index is 0. The summed E-state index contributed by atoms with van der Waals surface area (Å²) < 4.78 is 29.4. The van der Waals surface area contributed by atoms with Crippen LogP contribution in [-0.2, 0) is 0 Å². The Balaban J connectivity index is 0.00000256. The summed E-state index contributed by atoms with van der Waals surface area (Å²) in [6.45, 7) is 0.347. The van der Waals surface area contributed by atoms with Crippen LogP contribution in [0, 0.1) is 11.6 Å². The van der Waals surface area contributed by atoms with Gasteiger partial charge in [0.1, 0.15) is 11.6 Å². The highest BCUT2D eigenvalue weighted by Gasteiger charge is 2.25. The second-order valence-corrected chi connectivity index (χ2v) is 7.10. The van der Waals surface area contributed by atoms with Gasteiger partial charge in [-0.2, -0.15) is 0 Å². The average Bonchev–Trinajstić information content (AvgIpc) is 3.09. The largest absolute Gasteiger partial charge is 0.389 e. The highest BCUT2D eigenvalue weighted by molar-refractivity contribution is 5.96. The number of para-hydroxylation sites is 1. The molecule has 6 heteroatoms. The number of aliphatic hydroxyl groups is 1. The maximum Gasteiger partial charge on any atom is 0.123 e. The van der Waals surface area contributed by atoms with Crippen LogP contribution < -0.4 is 5.32 Å². The van der Waals surface area contributed by atoms with Crippen LogP contribution in [0.1, 0.15) is 11.6 Å². The van der Waals surface area contributed by atoms with Crippen molar-refractivity contribution in [3.8, 4) is 11.1 Å². The Morgan fingerprint density at radius 1 is 0.933 bits per heavy atom. The van der Waals surface area contributed by atoms with E-state index in [2.05, 4.69) is 5.32 Å². The summed E-state index contributed by atoms with van der Waals surface area (Å²) in [6, 6.07) is 20.0. The summed E-state index contributed by atoms with van der Waals surface area (Å²) in [5, 5.41) is 14.9. The topological polar surface area (TPSA) is 37.2 Å². The lowest BCUT2D eigenvalue weighted by Gasteiger charge is -2.26. The molecule has 2 atom stereocenters. The molecular formula is C24H23ClF2N2O. The van der Waals surface area contributed by atoms with Crippen LogP contribution in [0.4, 0.5) is 8.78 Å². The lowest BCUT2D eigenvalue weighted by molar-refractivity contribution is 0.132. The first-order valence-electron chi connectivity index (χ1n) is 9.52. The first-order valence-corrected chi connectivity index (χ1v) is 9.52. The van der Waals surface area contributed by atoms with E-state index in [4.69, 9.17) is 0 Å². The summed E-state index contributed by atoms with van der Waals surface area (Å²) in [7, 11) is 1.77. The van der Waals surface area contributed by atoms with Gasteiger partial charge in [0.05, 0.1) is 12.1 Å². The van der Waals surface area contributed by atoms with Crippen LogP contribution in [0.5, 0.6) is 0 Å². The van der Waals surface area contributed by atoms with Crippen LogP contribution in [0.3, 0.4) is 0 Å². The van der Waals surface area contributed by atoms with E-state index < -0.39 is 12.1 Å². The van der Waals surface area contributed by atoms with E-state index in [1.807, 2.05) is 41.1 Å². The molecule has 0 aliphatic heterocycles. The van der Waals surface area contributed by atoms with Crippen molar-refractivity contribution in [3.05, 3.63) is 96.2 Å². The monoisotopic (exact) mass is 428 g/mol. The molecule has 0 radical (unpaired) electrons. The molecule has 0 bridgehead atoms. The summed E-state index contributed by atoms with van der Waals surface area (Å²) in [6.07, 6.45) is 1.17. The summed E-state index contributed by atoms with van der Waals surface area (Å²) in [4.78, 5) is 0. The molecule has 0 spiro atoms. The van der Waals surface area contributed by atoms with Gasteiger partial charge in [0, 0.05) is 29.2 Å². The first-order chi connectivity index (χ1) is 14.1. The minimum Gasteiger partial charge on any atom is -0.389 e. The van der Waals surface area contributed by atoms with E-state index in [1.54, 1.807) is 25.2 Å². The van der Waals surface area contributed by atoms with Gasteiger partial charge in [0.15, 0.2) is 0 Å². The molecule has 3 nitrogen and oxygen atoms in total. The van der Waals surface area contributed by atoms with Crippen molar-refractivity contribution in [2.24, 2.45) is 0 Å². The van der Waals surface area contributed by atoms with Crippen molar-refractivity contribution in [2.45, 2.75) is 12.1 Å². The Labute approximate surface area is 180 Å². The van der Waals surface area contributed by atoms with Gasteiger partial charge < -0.3 is 15.0 Å². The Morgan fingerprint density at radius 2 is 1.67 bits per heavy atom. The van der Waals surface area contributed by atoms with Crippen molar-refractivity contribution in [3.63, 3.8) is 0 Å². The molecule has 2 N–H and O–H groups in total. The summed E-state index contributed by atoms with van der Waals surface area (Å²) in [5.74, 6) is -0.640. The zero-order valence-corrected chi connectivity index (χ0v) is 17.2. The predicted octanol–water partition coefficient (Wildman–Crippen LogP) is 5.18. The third kappa shape index (κ3) is 4.24. The van der Waals surface area contributed by atoms with E-state index in [9.17, 15) is 13.9 Å². The zero-order valence-electron chi connectivity index (χ0n) is 16.4. The van der Waals surface area contributed by atoms with Crippen LogP contribution in [0.2, 0.25) is 0 Å². The number of benzene rings is 3. The summed E-state index contributed by atoms with van der Waals surface area (Å²) >= 11 is 0. The molecule has 0 aliphatic carbocycles. The van der Waals surface area contributed by atoms with Crippen molar-refractivity contribution < 1.29 is 13.9 Å². The molecule has 0 fully saturated rings. The number of fused-ring (bicyclic) bond motifs is 1. The molecule has 0 aliphatic rings. The lowest BCUT2D eigenvalue weighted by atomic mass is 10.0.